The van der Waals surface area contributed by atoms with Crippen LogP contribution in [0.5, 0.6) is 0 Å². The van der Waals surface area contributed by atoms with Crippen molar-refractivity contribution < 1.29 is 14.6 Å². The third kappa shape index (κ3) is 4.61. The number of carbonyl (C=O) groups excluding carboxylic acids is 1. The highest BCUT2D eigenvalue weighted by Gasteiger charge is 2.25. The molecule has 0 bridgehead atoms. The molecule has 6 nitrogen and oxygen atoms in total. The fraction of sp³-hybridized carbons (Fsp3) is 0.929. The number of nitrogens with zero attached hydrogens (tertiary/aromatic N) is 2. The van der Waals surface area contributed by atoms with E-state index in [4.69, 9.17) is 9.84 Å². The molecule has 20 heavy (non-hydrogen) atoms. The highest BCUT2D eigenvalue weighted by atomic mass is 16.5. The number of ether oxygens (including phenoxy) is 1. The number of morpholine rings is 1. The SMILES string of the molecule is O=C(NCCN1CCOCC1)N1CCCC[C@@H]1CCO. The van der Waals surface area contributed by atoms with Gasteiger partial charge in [0.05, 0.1) is 13.2 Å². The monoisotopic (exact) mass is 285 g/mol. The van der Waals surface area contributed by atoms with Crippen LogP contribution in [0.15, 0.2) is 0 Å². The van der Waals surface area contributed by atoms with Gasteiger partial charge in [-0.2, -0.15) is 0 Å². The molecule has 0 radical (unpaired) electrons. The van der Waals surface area contributed by atoms with Crippen LogP contribution in [0.4, 0.5) is 4.79 Å². The molecule has 0 spiro atoms. The maximum Gasteiger partial charge on any atom is 0.317 e. The van der Waals surface area contributed by atoms with Crippen LogP contribution in [0.1, 0.15) is 25.7 Å². The second-order valence-corrected chi connectivity index (χ2v) is 5.54. The Morgan fingerprint density at radius 3 is 2.80 bits per heavy atom. The van der Waals surface area contributed by atoms with Crippen molar-refractivity contribution in [1.82, 2.24) is 15.1 Å². The van der Waals surface area contributed by atoms with Gasteiger partial charge in [-0.3, -0.25) is 4.90 Å². The first kappa shape index (κ1) is 15.5. The van der Waals surface area contributed by atoms with E-state index in [-0.39, 0.29) is 18.7 Å². The van der Waals surface area contributed by atoms with Gasteiger partial charge in [0.1, 0.15) is 0 Å². The summed E-state index contributed by atoms with van der Waals surface area (Å²) in [7, 11) is 0. The van der Waals surface area contributed by atoms with Gasteiger partial charge in [-0.15, -0.1) is 0 Å². The van der Waals surface area contributed by atoms with Crippen molar-refractivity contribution in [2.75, 3.05) is 52.5 Å². The van der Waals surface area contributed by atoms with Crippen LogP contribution in [0, 0.1) is 0 Å². The molecule has 2 amide bonds. The Morgan fingerprint density at radius 2 is 2.05 bits per heavy atom. The number of aliphatic hydroxyl groups is 1. The molecule has 2 saturated heterocycles. The summed E-state index contributed by atoms with van der Waals surface area (Å²) in [6, 6.07) is 0.230. The lowest BCUT2D eigenvalue weighted by Gasteiger charge is -2.35. The summed E-state index contributed by atoms with van der Waals surface area (Å²) < 4.78 is 5.30. The molecule has 2 aliphatic rings. The number of hydrogen-bond acceptors (Lipinski definition) is 4. The van der Waals surface area contributed by atoms with E-state index in [0.717, 1.165) is 58.7 Å². The van der Waals surface area contributed by atoms with Gasteiger partial charge in [0, 0.05) is 45.4 Å². The van der Waals surface area contributed by atoms with E-state index in [1.807, 2.05) is 4.90 Å². The van der Waals surface area contributed by atoms with Gasteiger partial charge in [-0.25, -0.2) is 4.79 Å². The molecule has 0 saturated carbocycles. The van der Waals surface area contributed by atoms with Crippen molar-refractivity contribution in [3.05, 3.63) is 0 Å². The first-order valence-electron chi connectivity index (χ1n) is 7.76. The molecule has 2 aliphatic heterocycles. The zero-order valence-corrected chi connectivity index (χ0v) is 12.2. The van der Waals surface area contributed by atoms with Gasteiger partial charge >= 0.3 is 6.03 Å². The zero-order chi connectivity index (χ0) is 14.2. The van der Waals surface area contributed by atoms with E-state index in [0.29, 0.717) is 13.0 Å². The molecule has 6 heteroatoms. The lowest BCUT2D eigenvalue weighted by molar-refractivity contribution is 0.0384. The molecule has 0 aromatic carbocycles. The molecular weight excluding hydrogens is 258 g/mol. The van der Waals surface area contributed by atoms with Gasteiger partial charge in [-0.05, 0) is 25.7 Å². The summed E-state index contributed by atoms with van der Waals surface area (Å²) >= 11 is 0. The van der Waals surface area contributed by atoms with Crippen LogP contribution >= 0.6 is 0 Å². The summed E-state index contributed by atoms with van der Waals surface area (Å²) in [4.78, 5) is 16.4. The van der Waals surface area contributed by atoms with Crippen LogP contribution in [0.25, 0.3) is 0 Å². The number of amides is 2. The normalized spacial score (nSPS) is 24.6. The summed E-state index contributed by atoms with van der Waals surface area (Å²) in [6.45, 7) is 6.02. The number of likely N-dealkylation sites (tertiary alicyclic amines) is 1. The van der Waals surface area contributed by atoms with E-state index in [2.05, 4.69) is 10.2 Å². The predicted molar refractivity (Wildman–Crippen MR) is 76.7 cm³/mol. The van der Waals surface area contributed by atoms with Gasteiger partial charge in [0.15, 0.2) is 0 Å². The number of carbonyl (C=O) groups is 1. The standard InChI is InChI=1S/C14H27N3O3/c18-10-4-13-3-1-2-6-17(13)14(19)15-5-7-16-8-11-20-12-9-16/h13,18H,1-12H2,(H,15,19)/t13-/m1/s1. The number of urea groups is 1. The minimum atomic E-state index is 0.0245. The minimum absolute atomic E-state index is 0.0245. The van der Waals surface area contributed by atoms with Crippen molar-refractivity contribution in [1.29, 1.82) is 0 Å². The average molecular weight is 285 g/mol. The smallest absolute Gasteiger partial charge is 0.317 e. The minimum Gasteiger partial charge on any atom is -0.396 e. The molecule has 116 valence electrons. The van der Waals surface area contributed by atoms with E-state index in [1.54, 1.807) is 0 Å². The summed E-state index contributed by atoms with van der Waals surface area (Å²) in [5, 5.41) is 12.1. The van der Waals surface area contributed by atoms with Crippen molar-refractivity contribution in [2.24, 2.45) is 0 Å². The Kier molecular flexibility index (Phi) is 6.56. The third-order valence-corrected chi connectivity index (χ3v) is 4.16. The maximum atomic E-state index is 12.2. The zero-order valence-electron chi connectivity index (χ0n) is 12.2. The maximum absolute atomic E-state index is 12.2. The van der Waals surface area contributed by atoms with Crippen LogP contribution in [0.3, 0.4) is 0 Å². The Balaban J connectivity index is 1.69. The van der Waals surface area contributed by atoms with E-state index < -0.39 is 0 Å². The number of hydrogen-bond donors (Lipinski definition) is 2. The predicted octanol–water partition coefficient (Wildman–Crippen LogP) is 0.265. The van der Waals surface area contributed by atoms with Gasteiger partial charge in [0.2, 0.25) is 0 Å². The summed E-state index contributed by atoms with van der Waals surface area (Å²) in [5.41, 5.74) is 0. The molecule has 1 atom stereocenters. The molecule has 0 unspecified atom stereocenters. The molecule has 2 fully saturated rings. The molecule has 2 N–H and O–H groups in total. The fourth-order valence-electron chi connectivity index (χ4n) is 2.96. The molecule has 0 aromatic rings. The van der Waals surface area contributed by atoms with Gasteiger partial charge < -0.3 is 20.1 Å². The molecule has 0 aliphatic carbocycles. The lowest BCUT2D eigenvalue weighted by atomic mass is 10.0. The summed E-state index contributed by atoms with van der Waals surface area (Å²) in [6.07, 6.45) is 3.93. The van der Waals surface area contributed by atoms with E-state index >= 15 is 0 Å². The second-order valence-electron chi connectivity index (χ2n) is 5.54. The van der Waals surface area contributed by atoms with Crippen LogP contribution in [-0.4, -0.2) is 79.5 Å². The van der Waals surface area contributed by atoms with Crippen LogP contribution in [-0.2, 0) is 4.74 Å². The first-order chi connectivity index (χ1) is 9.81. The van der Waals surface area contributed by atoms with E-state index in [1.165, 1.54) is 0 Å². The topological polar surface area (TPSA) is 65.0 Å². The van der Waals surface area contributed by atoms with Crippen LogP contribution in [0.2, 0.25) is 0 Å². The highest BCUT2D eigenvalue weighted by Crippen LogP contribution is 2.19. The van der Waals surface area contributed by atoms with Crippen molar-refractivity contribution >= 4 is 6.03 Å². The summed E-state index contributed by atoms with van der Waals surface area (Å²) in [5.74, 6) is 0. The molecular formula is C14H27N3O3. The Bertz CT molecular complexity index is 293. The quantitative estimate of drug-likeness (QED) is 0.761. The van der Waals surface area contributed by atoms with E-state index in [9.17, 15) is 4.79 Å². The Labute approximate surface area is 121 Å². The molecule has 2 heterocycles. The van der Waals surface area contributed by atoms with Crippen molar-refractivity contribution in [3.8, 4) is 0 Å². The van der Waals surface area contributed by atoms with Gasteiger partial charge in [-0.1, -0.05) is 0 Å². The third-order valence-electron chi connectivity index (χ3n) is 4.16. The average Bonchev–Trinajstić information content (AvgIpc) is 2.49. The van der Waals surface area contributed by atoms with Gasteiger partial charge in [0.25, 0.3) is 0 Å². The second kappa shape index (κ2) is 8.44. The number of aliphatic hydroxyl groups excluding tert-OH is 1. The lowest BCUT2D eigenvalue weighted by Crippen LogP contribution is -2.50. The molecule has 0 aromatic heterocycles. The fourth-order valence-corrected chi connectivity index (χ4v) is 2.96. The van der Waals surface area contributed by atoms with Crippen molar-refractivity contribution in [3.63, 3.8) is 0 Å². The Morgan fingerprint density at radius 1 is 1.25 bits per heavy atom. The van der Waals surface area contributed by atoms with Crippen molar-refractivity contribution in [2.45, 2.75) is 31.7 Å². The first-order valence-corrected chi connectivity index (χ1v) is 7.76. The van der Waals surface area contributed by atoms with Crippen LogP contribution < -0.4 is 5.32 Å². The largest absolute Gasteiger partial charge is 0.396 e. The Hall–Kier alpha value is -0.850. The highest BCUT2D eigenvalue weighted by molar-refractivity contribution is 5.74. The molecule has 2 rings (SSSR count). The number of nitrogens with one attached hydrogen (secondary N) is 1. The number of rotatable bonds is 5. The number of piperidine rings is 1.